The van der Waals surface area contributed by atoms with Gasteiger partial charge in [0.1, 0.15) is 12.4 Å². The van der Waals surface area contributed by atoms with Crippen LogP contribution in [-0.2, 0) is 6.61 Å². The molecule has 2 amide bonds. The summed E-state index contributed by atoms with van der Waals surface area (Å²) in [5.74, 6) is -0.0614. The number of carbonyl (C=O) groups is 2. The van der Waals surface area contributed by atoms with Gasteiger partial charge in [0.25, 0.3) is 11.8 Å². The molecule has 0 aliphatic carbocycles. The number of amides is 2. The van der Waals surface area contributed by atoms with Crippen molar-refractivity contribution >= 4 is 46.7 Å². The standard InChI is InChI=1S/C26H20ClN3O3S/c27-22-11-3-1-8-19(22)17-33-20-9-5-7-18(15-20)16-28-30-25(31)21-10-2-4-12-23(21)29-26(32)24-13-6-14-34-24/h1-16H,17H2,(H,29,32)(H,30,31)/b28-16-. The molecule has 1 aromatic heterocycles. The molecule has 6 nitrogen and oxygen atoms in total. The molecule has 4 aromatic rings. The first kappa shape index (κ1) is 23.2. The second kappa shape index (κ2) is 11.3. The molecule has 0 saturated carbocycles. The first-order valence-corrected chi connectivity index (χ1v) is 11.6. The van der Waals surface area contributed by atoms with Crippen molar-refractivity contribution in [1.29, 1.82) is 0 Å². The van der Waals surface area contributed by atoms with Gasteiger partial charge in [0.15, 0.2) is 0 Å². The molecule has 0 radical (unpaired) electrons. The van der Waals surface area contributed by atoms with E-state index in [1.807, 2.05) is 53.9 Å². The summed E-state index contributed by atoms with van der Waals surface area (Å²) in [7, 11) is 0. The highest BCUT2D eigenvalue weighted by atomic mass is 35.5. The first-order chi connectivity index (χ1) is 16.6. The van der Waals surface area contributed by atoms with E-state index in [0.29, 0.717) is 33.5 Å². The Morgan fingerprint density at radius 3 is 2.59 bits per heavy atom. The Hall–Kier alpha value is -3.94. The van der Waals surface area contributed by atoms with Gasteiger partial charge in [-0.3, -0.25) is 9.59 Å². The Bertz CT molecular complexity index is 1320. The van der Waals surface area contributed by atoms with Crippen molar-refractivity contribution in [2.45, 2.75) is 6.61 Å². The van der Waals surface area contributed by atoms with Crippen LogP contribution in [0, 0.1) is 0 Å². The molecule has 2 N–H and O–H groups in total. The van der Waals surface area contributed by atoms with Gasteiger partial charge in [-0.15, -0.1) is 11.3 Å². The summed E-state index contributed by atoms with van der Waals surface area (Å²) < 4.78 is 5.82. The molecule has 0 bridgehead atoms. The summed E-state index contributed by atoms with van der Waals surface area (Å²) in [4.78, 5) is 25.6. The monoisotopic (exact) mass is 489 g/mol. The maximum Gasteiger partial charge on any atom is 0.273 e. The molecule has 0 unspecified atom stereocenters. The number of benzene rings is 3. The van der Waals surface area contributed by atoms with Crippen molar-refractivity contribution in [2.24, 2.45) is 5.10 Å². The van der Waals surface area contributed by atoms with Crippen LogP contribution < -0.4 is 15.5 Å². The third kappa shape index (κ3) is 6.10. The zero-order valence-electron chi connectivity index (χ0n) is 17.9. The quantitative estimate of drug-likeness (QED) is 0.235. The summed E-state index contributed by atoms with van der Waals surface area (Å²) in [6.45, 7) is 0.338. The number of rotatable bonds is 8. The lowest BCUT2D eigenvalue weighted by Gasteiger charge is -2.09. The minimum atomic E-state index is -0.440. The Kier molecular flexibility index (Phi) is 7.70. The SMILES string of the molecule is O=C(Nc1ccccc1C(=O)N/N=C\c1cccc(OCc2ccccc2Cl)c1)c1cccs1. The average Bonchev–Trinajstić information content (AvgIpc) is 3.39. The fourth-order valence-electron chi connectivity index (χ4n) is 3.07. The number of carbonyl (C=O) groups excluding carboxylic acids is 2. The summed E-state index contributed by atoms with van der Waals surface area (Å²) in [5.41, 5.74) is 4.85. The number of para-hydroxylation sites is 1. The lowest BCUT2D eigenvalue weighted by molar-refractivity contribution is 0.0956. The number of nitrogens with one attached hydrogen (secondary N) is 2. The predicted molar refractivity (Wildman–Crippen MR) is 136 cm³/mol. The Labute approximate surface area is 205 Å². The van der Waals surface area contributed by atoms with Crippen molar-refractivity contribution in [2.75, 3.05) is 5.32 Å². The Balaban J connectivity index is 1.37. The smallest absolute Gasteiger partial charge is 0.273 e. The second-order valence-electron chi connectivity index (χ2n) is 7.13. The van der Waals surface area contributed by atoms with Crippen LogP contribution in [0.3, 0.4) is 0 Å². The van der Waals surface area contributed by atoms with E-state index in [0.717, 1.165) is 11.1 Å². The summed E-state index contributed by atoms with van der Waals surface area (Å²) >= 11 is 7.50. The molecule has 8 heteroatoms. The highest BCUT2D eigenvalue weighted by molar-refractivity contribution is 7.12. The number of ether oxygens (including phenoxy) is 1. The topological polar surface area (TPSA) is 79.8 Å². The highest BCUT2D eigenvalue weighted by Crippen LogP contribution is 2.20. The highest BCUT2D eigenvalue weighted by Gasteiger charge is 2.14. The van der Waals surface area contributed by atoms with Crippen LogP contribution >= 0.6 is 22.9 Å². The molecule has 0 spiro atoms. The molecule has 170 valence electrons. The fraction of sp³-hybridized carbons (Fsp3) is 0.0385. The molecular weight excluding hydrogens is 470 g/mol. The third-order valence-electron chi connectivity index (χ3n) is 4.75. The molecule has 1 heterocycles. The minimum Gasteiger partial charge on any atom is -0.489 e. The number of halogens is 1. The number of nitrogens with zero attached hydrogens (tertiary/aromatic N) is 1. The van der Waals surface area contributed by atoms with Crippen molar-refractivity contribution in [3.05, 3.63) is 117 Å². The fourth-order valence-corrected chi connectivity index (χ4v) is 3.88. The largest absolute Gasteiger partial charge is 0.489 e. The van der Waals surface area contributed by atoms with E-state index in [9.17, 15) is 9.59 Å². The number of thiophene rings is 1. The molecule has 4 rings (SSSR count). The zero-order valence-corrected chi connectivity index (χ0v) is 19.5. The normalized spacial score (nSPS) is 10.7. The van der Waals surface area contributed by atoms with Crippen molar-refractivity contribution < 1.29 is 14.3 Å². The van der Waals surface area contributed by atoms with Crippen LogP contribution in [0.15, 0.2) is 95.4 Å². The van der Waals surface area contributed by atoms with Gasteiger partial charge in [-0.25, -0.2) is 5.43 Å². The molecular formula is C26H20ClN3O3S. The van der Waals surface area contributed by atoms with E-state index in [2.05, 4.69) is 15.8 Å². The van der Waals surface area contributed by atoms with Gasteiger partial charge in [0.2, 0.25) is 0 Å². The molecule has 34 heavy (non-hydrogen) atoms. The van der Waals surface area contributed by atoms with Crippen LogP contribution in [0.2, 0.25) is 5.02 Å². The van der Waals surface area contributed by atoms with Crippen LogP contribution in [0.1, 0.15) is 31.2 Å². The molecule has 0 atom stereocenters. The van der Waals surface area contributed by atoms with Gasteiger partial charge in [0.05, 0.1) is 22.3 Å². The van der Waals surface area contributed by atoms with E-state index in [-0.39, 0.29) is 5.91 Å². The van der Waals surface area contributed by atoms with E-state index in [1.165, 1.54) is 17.6 Å². The van der Waals surface area contributed by atoms with Crippen LogP contribution in [-0.4, -0.2) is 18.0 Å². The van der Waals surface area contributed by atoms with Crippen molar-refractivity contribution in [1.82, 2.24) is 5.43 Å². The van der Waals surface area contributed by atoms with Crippen LogP contribution in [0.4, 0.5) is 5.69 Å². The summed E-state index contributed by atoms with van der Waals surface area (Å²) in [5, 5.41) is 9.29. The van der Waals surface area contributed by atoms with Crippen LogP contribution in [0.5, 0.6) is 5.75 Å². The van der Waals surface area contributed by atoms with Gasteiger partial charge in [0, 0.05) is 10.6 Å². The number of anilines is 1. The van der Waals surface area contributed by atoms with Gasteiger partial charge < -0.3 is 10.1 Å². The van der Waals surface area contributed by atoms with Gasteiger partial charge in [-0.1, -0.05) is 60.1 Å². The van der Waals surface area contributed by atoms with Crippen molar-refractivity contribution in [3.63, 3.8) is 0 Å². The van der Waals surface area contributed by atoms with Gasteiger partial charge >= 0.3 is 0 Å². The zero-order chi connectivity index (χ0) is 23.8. The predicted octanol–water partition coefficient (Wildman–Crippen LogP) is 6.00. The van der Waals surface area contributed by atoms with Crippen molar-refractivity contribution in [3.8, 4) is 5.75 Å². The maximum atomic E-state index is 12.7. The molecule has 0 saturated heterocycles. The number of hydrogen-bond acceptors (Lipinski definition) is 5. The average molecular weight is 490 g/mol. The first-order valence-electron chi connectivity index (χ1n) is 10.3. The van der Waals surface area contributed by atoms with Gasteiger partial charge in [-0.05, 0) is 47.3 Å². The third-order valence-corrected chi connectivity index (χ3v) is 5.99. The maximum absolute atomic E-state index is 12.7. The number of hydrazone groups is 1. The summed E-state index contributed by atoms with van der Waals surface area (Å²) in [6.07, 6.45) is 1.52. The van der Waals surface area contributed by atoms with E-state index >= 15 is 0 Å². The number of hydrogen-bond donors (Lipinski definition) is 2. The molecule has 3 aromatic carbocycles. The van der Waals surface area contributed by atoms with Gasteiger partial charge in [-0.2, -0.15) is 5.10 Å². The molecule has 0 aliphatic rings. The summed E-state index contributed by atoms with van der Waals surface area (Å²) in [6, 6.07) is 25.1. The Morgan fingerprint density at radius 2 is 1.76 bits per heavy atom. The van der Waals surface area contributed by atoms with E-state index < -0.39 is 5.91 Å². The minimum absolute atomic E-state index is 0.271. The molecule has 0 fully saturated rings. The van der Waals surface area contributed by atoms with E-state index in [1.54, 1.807) is 36.4 Å². The Morgan fingerprint density at radius 1 is 0.941 bits per heavy atom. The lowest BCUT2D eigenvalue weighted by atomic mass is 10.1. The second-order valence-corrected chi connectivity index (χ2v) is 8.48. The van der Waals surface area contributed by atoms with E-state index in [4.69, 9.17) is 16.3 Å². The lowest BCUT2D eigenvalue weighted by Crippen LogP contribution is -2.21. The molecule has 0 aliphatic heterocycles. The van der Waals surface area contributed by atoms with Crippen LogP contribution in [0.25, 0.3) is 0 Å².